The van der Waals surface area contributed by atoms with Crippen molar-refractivity contribution in [2.75, 3.05) is 19.6 Å². The fraction of sp³-hybridized carbons (Fsp3) is 0.524. The molecule has 33 heavy (non-hydrogen) atoms. The van der Waals surface area contributed by atoms with Crippen LogP contribution in [0.5, 0.6) is 0 Å². The predicted molar refractivity (Wildman–Crippen MR) is 121 cm³/mol. The van der Waals surface area contributed by atoms with Gasteiger partial charge in [-0.2, -0.15) is 4.31 Å². The molecule has 11 nitrogen and oxygen atoms in total. The molecule has 0 radical (unpaired) electrons. The number of nitrogens with zero attached hydrogens (tertiary/aromatic N) is 1. The summed E-state index contributed by atoms with van der Waals surface area (Å²) in [5, 5.41) is 6.93. The first-order chi connectivity index (χ1) is 15.2. The van der Waals surface area contributed by atoms with Gasteiger partial charge in [0.1, 0.15) is 6.54 Å². The first-order valence-corrected chi connectivity index (χ1v) is 11.9. The van der Waals surface area contributed by atoms with Crippen LogP contribution in [-0.2, 0) is 24.3 Å². The van der Waals surface area contributed by atoms with Gasteiger partial charge in [0, 0.05) is 24.2 Å². The van der Waals surface area contributed by atoms with E-state index in [0.29, 0.717) is 13.1 Å². The molecule has 0 aliphatic rings. The second kappa shape index (κ2) is 11.8. The Kier molecular flexibility index (Phi) is 9.99. The molecule has 0 aliphatic carbocycles. The van der Waals surface area contributed by atoms with Gasteiger partial charge in [-0.05, 0) is 52.0 Å². The largest absolute Gasteiger partial charge is 0.451 e. The molecule has 0 aliphatic heterocycles. The summed E-state index contributed by atoms with van der Waals surface area (Å²) in [6, 6.07) is 4.57. The highest BCUT2D eigenvalue weighted by Gasteiger charge is 2.23. The van der Waals surface area contributed by atoms with Crippen molar-refractivity contribution < 1.29 is 32.3 Å². The molecule has 1 aromatic carbocycles. The van der Waals surface area contributed by atoms with E-state index < -0.39 is 52.0 Å². The highest BCUT2D eigenvalue weighted by Crippen LogP contribution is 2.16. The number of rotatable bonds is 9. The number of hydrogen-bond donors (Lipinski definition) is 3. The number of imide groups is 1. The Morgan fingerprint density at radius 2 is 1.58 bits per heavy atom. The Bertz CT molecular complexity index is 965. The third-order valence-corrected chi connectivity index (χ3v) is 6.32. The molecular formula is C21H32N4O7S. The van der Waals surface area contributed by atoms with E-state index in [1.807, 2.05) is 0 Å². The molecule has 0 fully saturated rings. The van der Waals surface area contributed by atoms with Crippen LogP contribution in [0.3, 0.4) is 0 Å². The summed E-state index contributed by atoms with van der Waals surface area (Å²) >= 11 is 0. The van der Waals surface area contributed by atoms with Gasteiger partial charge < -0.3 is 15.4 Å². The minimum atomic E-state index is -3.65. The maximum Gasteiger partial charge on any atom is 0.326 e. The molecule has 1 rings (SSSR count). The number of urea groups is 1. The molecule has 12 heteroatoms. The predicted octanol–water partition coefficient (Wildman–Crippen LogP) is 1.00. The van der Waals surface area contributed by atoms with E-state index in [4.69, 9.17) is 4.74 Å². The molecule has 3 N–H and O–H groups in total. The Balaban J connectivity index is 2.60. The number of carbonyl (C=O) groups is 4. The van der Waals surface area contributed by atoms with Crippen LogP contribution in [0.2, 0.25) is 0 Å². The first-order valence-electron chi connectivity index (χ1n) is 10.4. The molecule has 0 aromatic heterocycles. The van der Waals surface area contributed by atoms with E-state index >= 15 is 0 Å². The maximum atomic E-state index is 12.5. The van der Waals surface area contributed by atoms with Gasteiger partial charge >= 0.3 is 12.0 Å². The van der Waals surface area contributed by atoms with Gasteiger partial charge in [0.05, 0.1) is 4.90 Å². The first kappa shape index (κ1) is 28.0. The van der Waals surface area contributed by atoms with E-state index in [2.05, 4.69) is 16.0 Å². The lowest BCUT2D eigenvalue weighted by molar-refractivity contribution is -0.153. The Labute approximate surface area is 194 Å². The van der Waals surface area contributed by atoms with Crippen molar-refractivity contribution in [3.8, 4) is 0 Å². The summed E-state index contributed by atoms with van der Waals surface area (Å²) < 4.78 is 31.2. The lowest BCUT2D eigenvalue weighted by Gasteiger charge is -2.21. The third-order valence-electron chi connectivity index (χ3n) is 4.26. The highest BCUT2D eigenvalue weighted by molar-refractivity contribution is 7.89. The van der Waals surface area contributed by atoms with Crippen LogP contribution >= 0.6 is 0 Å². The second-order valence-electron chi connectivity index (χ2n) is 8.12. The van der Waals surface area contributed by atoms with E-state index in [1.54, 1.807) is 34.6 Å². The summed E-state index contributed by atoms with van der Waals surface area (Å²) in [4.78, 5) is 47.9. The number of ether oxygens (including phenoxy) is 1. The molecular weight excluding hydrogens is 452 g/mol. The van der Waals surface area contributed by atoms with Gasteiger partial charge in [-0.1, -0.05) is 13.8 Å². The molecule has 184 valence electrons. The van der Waals surface area contributed by atoms with Gasteiger partial charge in [-0.3, -0.25) is 19.7 Å². The summed E-state index contributed by atoms with van der Waals surface area (Å²) in [6.07, 6.45) is -1.26. The van der Waals surface area contributed by atoms with Crippen LogP contribution in [0, 0.1) is 0 Å². The van der Waals surface area contributed by atoms with Crippen LogP contribution in [0.4, 0.5) is 4.79 Å². The fourth-order valence-electron chi connectivity index (χ4n) is 2.62. The van der Waals surface area contributed by atoms with Gasteiger partial charge in [0.2, 0.25) is 10.0 Å². The molecule has 4 amide bonds. The zero-order valence-electron chi connectivity index (χ0n) is 19.7. The van der Waals surface area contributed by atoms with Crippen molar-refractivity contribution in [1.82, 2.24) is 20.3 Å². The molecule has 0 spiro atoms. The Hall–Kier alpha value is -2.99. The Morgan fingerprint density at radius 1 is 1.03 bits per heavy atom. The van der Waals surface area contributed by atoms with E-state index in [-0.39, 0.29) is 10.5 Å². The van der Waals surface area contributed by atoms with Crippen molar-refractivity contribution in [3.05, 3.63) is 29.8 Å². The van der Waals surface area contributed by atoms with Crippen LogP contribution < -0.4 is 16.0 Å². The zero-order valence-corrected chi connectivity index (χ0v) is 20.5. The molecule has 0 bridgehead atoms. The van der Waals surface area contributed by atoms with Gasteiger partial charge in [-0.15, -0.1) is 0 Å². The lowest BCUT2D eigenvalue weighted by atomic mass is 10.1. The summed E-state index contributed by atoms with van der Waals surface area (Å²) in [5.74, 6) is -2.33. The number of hydrogen-bond acceptors (Lipinski definition) is 7. The quantitative estimate of drug-likeness (QED) is 0.442. The SMILES string of the molecule is CCN(CC)S(=O)(=O)c1ccc(C(=O)NCC(=O)OC(C)C(=O)NC(=O)NC(C)(C)C)cc1. The van der Waals surface area contributed by atoms with Crippen LogP contribution in [0.1, 0.15) is 51.9 Å². The minimum Gasteiger partial charge on any atom is -0.451 e. The number of amides is 4. The number of nitrogens with one attached hydrogen (secondary N) is 3. The molecule has 1 aromatic rings. The number of esters is 1. The highest BCUT2D eigenvalue weighted by atomic mass is 32.2. The average Bonchev–Trinajstić information content (AvgIpc) is 2.71. The fourth-order valence-corrected chi connectivity index (χ4v) is 4.08. The van der Waals surface area contributed by atoms with E-state index in [1.165, 1.54) is 35.5 Å². The van der Waals surface area contributed by atoms with E-state index in [0.717, 1.165) is 0 Å². The Morgan fingerprint density at radius 3 is 2.06 bits per heavy atom. The van der Waals surface area contributed by atoms with Gasteiger partial charge in [0.25, 0.3) is 11.8 Å². The van der Waals surface area contributed by atoms with Crippen molar-refractivity contribution in [1.29, 1.82) is 0 Å². The summed E-state index contributed by atoms with van der Waals surface area (Å²) in [7, 11) is -3.65. The maximum absolute atomic E-state index is 12.5. The monoisotopic (exact) mass is 484 g/mol. The number of benzene rings is 1. The summed E-state index contributed by atoms with van der Waals surface area (Å²) in [6.45, 7) is 10.1. The van der Waals surface area contributed by atoms with Crippen molar-refractivity contribution in [2.45, 2.75) is 58.1 Å². The van der Waals surface area contributed by atoms with E-state index in [9.17, 15) is 27.6 Å². The lowest BCUT2D eigenvalue weighted by Crippen LogP contribution is -2.50. The van der Waals surface area contributed by atoms with Crippen molar-refractivity contribution in [2.24, 2.45) is 0 Å². The second-order valence-corrected chi connectivity index (χ2v) is 10.1. The molecule has 1 unspecified atom stereocenters. The number of carbonyl (C=O) groups excluding carboxylic acids is 4. The molecule has 0 saturated carbocycles. The van der Waals surface area contributed by atoms with Crippen LogP contribution in [-0.4, -0.2) is 67.8 Å². The van der Waals surface area contributed by atoms with Crippen molar-refractivity contribution in [3.63, 3.8) is 0 Å². The smallest absolute Gasteiger partial charge is 0.326 e. The van der Waals surface area contributed by atoms with Gasteiger partial charge in [-0.25, -0.2) is 13.2 Å². The summed E-state index contributed by atoms with van der Waals surface area (Å²) in [5.41, 5.74) is -0.409. The topological polar surface area (TPSA) is 151 Å². The standard InChI is InChI=1S/C21H32N4O7S/c1-7-25(8-2)33(30,31)16-11-9-15(10-12-16)19(28)22-13-17(26)32-14(3)18(27)23-20(29)24-21(4,5)6/h9-12,14H,7-8,13H2,1-6H3,(H,22,28)(H2,23,24,27,29). The van der Waals surface area contributed by atoms with Crippen LogP contribution in [0.15, 0.2) is 29.2 Å². The average molecular weight is 485 g/mol. The molecule has 1 atom stereocenters. The normalized spacial score (nSPS) is 12.6. The number of sulfonamides is 1. The minimum absolute atomic E-state index is 0.0532. The molecule has 0 saturated heterocycles. The van der Waals surface area contributed by atoms with Crippen molar-refractivity contribution >= 4 is 33.8 Å². The van der Waals surface area contributed by atoms with Gasteiger partial charge in [0.15, 0.2) is 6.10 Å². The zero-order chi connectivity index (χ0) is 25.4. The third kappa shape index (κ3) is 8.81. The molecule has 0 heterocycles. The van der Waals surface area contributed by atoms with Crippen LogP contribution in [0.25, 0.3) is 0 Å².